The summed E-state index contributed by atoms with van der Waals surface area (Å²) in [5, 5.41) is 9.75. The summed E-state index contributed by atoms with van der Waals surface area (Å²) in [6.45, 7) is 0.694. The van der Waals surface area contributed by atoms with E-state index < -0.39 is 5.97 Å². The van der Waals surface area contributed by atoms with Crippen LogP contribution in [-0.4, -0.2) is 34.2 Å². The third-order valence-corrected chi connectivity index (χ3v) is 7.14. The van der Waals surface area contributed by atoms with Gasteiger partial charge in [-0.05, 0) is 83.1 Å². The average molecular weight is 551 g/mol. The molecule has 0 spiro atoms. The van der Waals surface area contributed by atoms with Crippen molar-refractivity contribution in [3.05, 3.63) is 130 Å². The molecule has 0 aromatic heterocycles. The lowest BCUT2D eigenvalue weighted by atomic mass is 10.1. The number of carboxylic acids is 1. The fraction of sp³-hybridized carbons (Fsp3) is 0.0938. The first-order valence-electron chi connectivity index (χ1n) is 12.5. The molecular formula is C32H26N2O5S. The van der Waals surface area contributed by atoms with E-state index in [1.165, 1.54) is 23.9 Å². The molecule has 4 aromatic carbocycles. The number of rotatable bonds is 9. The van der Waals surface area contributed by atoms with Crippen molar-refractivity contribution in [2.75, 3.05) is 7.11 Å². The Hall–Kier alpha value is -4.82. The number of aromatic carboxylic acids is 1. The summed E-state index contributed by atoms with van der Waals surface area (Å²) in [6.07, 6.45) is 1.83. The van der Waals surface area contributed by atoms with Crippen LogP contribution in [0, 0.1) is 0 Å². The number of amidine groups is 1. The Labute approximate surface area is 236 Å². The molecule has 1 saturated heterocycles. The quantitative estimate of drug-likeness (QED) is 0.231. The largest absolute Gasteiger partial charge is 0.497 e. The van der Waals surface area contributed by atoms with Crippen molar-refractivity contribution in [1.29, 1.82) is 0 Å². The van der Waals surface area contributed by atoms with Crippen LogP contribution in [0.5, 0.6) is 11.5 Å². The van der Waals surface area contributed by atoms with Crippen molar-refractivity contribution < 1.29 is 24.2 Å². The lowest BCUT2D eigenvalue weighted by Gasteiger charge is -2.16. The number of benzene rings is 4. The normalized spacial score (nSPS) is 15.0. The van der Waals surface area contributed by atoms with E-state index in [0.717, 1.165) is 16.7 Å². The van der Waals surface area contributed by atoms with Gasteiger partial charge in [-0.3, -0.25) is 9.69 Å². The van der Waals surface area contributed by atoms with Gasteiger partial charge in [0.2, 0.25) is 0 Å². The molecule has 0 atom stereocenters. The van der Waals surface area contributed by atoms with Crippen LogP contribution in [0.4, 0.5) is 5.69 Å². The molecule has 0 saturated carbocycles. The molecule has 0 aliphatic carbocycles. The van der Waals surface area contributed by atoms with E-state index in [0.29, 0.717) is 33.9 Å². The molecule has 200 valence electrons. The van der Waals surface area contributed by atoms with Gasteiger partial charge in [0.05, 0.1) is 29.8 Å². The van der Waals surface area contributed by atoms with Crippen LogP contribution in [0.2, 0.25) is 0 Å². The van der Waals surface area contributed by atoms with Crippen LogP contribution in [0.3, 0.4) is 0 Å². The van der Waals surface area contributed by atoms with E-state index in [1.54, 1.807) is 24.1 Å². The van der Waals surface area contributed by atoms with Crippen LogP contribution >= 0.6 is 11.8 Å². The van der Waals surface area contributed by atoms with Crippen LogP contribution < -0.4 is 9.47 Å². The number of thioether (sulfide) groups is 1. The summed E-state index contributed by atoms with van der Waals surface area (Å²) < 4.78 is 11.2. The monoisotopic (exact) mass is 550 g/mol. The summed E-state index contributed by atoms with van der Waals surface area (Å²) in [6, 6.07) is 31.3. The van der Waals surface area contributed by atoms with Crippen LogP contribution in [0.1, 0.15) is 27.0 Å². The van der Waals surface area contributed by atoms with E-state index in [1.807, 2.05) is 84.9 Å². The van der Waals surface area contributed by atoms with Gasteiger partial charge in [-0.25, -0.2) is 9.79 Å². The fourth-order valence-corrected chi connectivity index (χ4v) is 5.02. The first-order chi connectivity index (χ1) is 19.5. The van der Waals surface area contributed by atoms with Crippen molar-refractivity contribution in [3.63, 3.8) is 0 Å². The van der Waals surface area contributed by atoms with Gasteiger partial charge in [0.1, 0.15) is 18.1 Å². The highest BCUT2D eigenvalue weighted by Gasteiger charge is 2.33. The highest BCUT2D eigenvalue weighted by atomic mass is 32.2. The molecule has 1 aliphatic heterocycles. The number of ether oxygens (including phenoxy) is 2. The number of carboxylic acid groups (broad SMARTS) is 1. The Morgan fingerprint density at radius 3 is 2.35 bits per heavy atom. The predicted octanol–water partition coefficient (Wildman–Crippen LogP) is 6.78. The predicted molar refractivity (Wildman–Crippen MR) is 157 cm³/mol. The minimum absolute atomic E-state index is 0.185. The number of nitrogens with zero attached hydrogens (tertiary/aromatic N) is 2. The molecule has 1 N–H and O–H groups in total. The maximum Gasteiger partial charge on any atom is 0.335 e. The standard InChI is InChI=1S/C32H26N2O5S/c1-38-27-16-14-26(15-17-27)33-32-34(20-22-10-12-25(13-11-22)31(36)37)30(35)29(40-32)19-24-8-5-9-28(18-24)39-21-23-6-3-2-4-7-23/h2-19H,20-21H2,1H3,(H,36,37)/b29-19-,33-32?. The molecule has 4 aromatic rings. The number of amides is 1. The third-order valence-electron chi connectivity index (χ3n) is 6.13. The summed E-state index contributed by atoms with van der Waals surface area (Å²) in [5.41, 5.74) is 3.56. The smallest absolute Gasteiger partial charge is 0.335 e. The number of methoxy groups -OCH3 is 1. The zero-order chi connectivity index (χ0) is 27.9. The molecule has 40 heavy (non-hydrogen) atoms. The number of hydrogen-bond donors (Lipinski definition) is 1. The second-order valence-corrected chi connectivity index (χ2v) is 9.95. The van der Waals surface area contributed by atoms with E-state index in [4.69, 9.17) is 14.5 Å². The molecule has 1 heterocycles. The number of hydrogen-bond acceptors (Lipinski definition) is 6. The van der Waals surface area contributed by atoms with E-state index in [9.17, 15) is 14.7 Å². The Bertz CT molecular complexity index is 1570. The Morgan fingerprint density at radius 2 is 1.65 bits per heavy atom. The van der Waals surface area contributed by atoms with Crippen LogP contribution in [0.25, 0.3) is 6.08 Å². The lowest BCUT2D eigenvalue weighted by molar-refractivity contribution is -0.122. The summed E-state index contributed by atoms with van der Waals surface area (Å²) in [7, 11) is 1.60. The van der Waals surface area contributed by atoms with Crippen molar-refractivity contribution >= 4 is 40.6 Å². The molecule has 1 aliphatic rings. The van der Waals surface area contributed by atoms with Gasteiger partial charge in [0, 0.05) is 0 Å². The maximum absolute atomic E-state index is 13.6. The van der Waals surface area contributed by atoms with E-state index in [-0.39, 0.29) is 18.0 Å². The van der Waals surface area contributed by atoms with Gasteiger partial charge in [-0.15, -0.1) is 0 Å². The van der Waals surface area contributed by atoms with Gasteiger partial charge in [-0.2, -0.15) is 0 Å². The molecule has 5 rings (SSSR count). The van der Waals surface area contributed by atoms with Gasteiger partial charge in [0.15, 0.2) is 5.17 Å². The Morgan fingerprint density at radius 1 is 0.900 bits per heavy atom. The Balaban J connectivity index is 1.41. The topological polar surface area (TPSA) is 88.4 Å². The molecule has 1 fully saturated rings. The molecular weight excluding hydrogens is 524 g/mol. The molecule has 1 amide bonds. The highest BCUT2D eigenvalue weighted by Crippen LogP contribution is 2.36. The highest BCUT2D eigenvalue weighted by molar-refractivity contribution is 8.18. The summed E-state index contributed by atoms with van der Waals surface area (Å²) in [4.78, 5) is 31.7. The first kappa shape index (κ1) is 26.8. The van der Waals surface area contributed by atoms with E-state index >= 15 is 0 Å². The second-order valence-electron chi connectivity index (χ2n) is 8.94. The van der Waals surface area contributed by atoms with Crippen LogP contribution in [-0.2, 0) is 17.9 Å². The Kier molecular flexibility index (Phi) is 8.27. The van der Waals surface area contributed by atoms with Crippen molar-refractivity contribution in [2.24, 2.45) is 4.99 Å². The molecule has 0 unspecified atom stereocenters. The SMILES string of the molecule is COc1ccc(N=C2S/C(=C\c3cccc(OCc4ccccc4)c3)C(=O)N2Cc2ccc(C(=O)O)cc2)cc1. The number of carbonyl (C=O) groups is 2. The van der Waals surface area contributed by atoms with Gasteiger partial charge < -0.3 is 14.6 Å². The second kappa shape index (κ2) is 12.4. The zero-order valence-corrected chi connectivity index (χ0v) is 22.5. The maximum atomic E-state index is 13.6. The molecule has 0 radical (unpaired) electrons. The van der Waals surface area contributed by atoms with E-state index in [2.05, 4.69) is 0 Å². The third kappa shape index (κ3) is 6.59. The van der Waals surface area contributed by atoms with Gasteiger partial charge >= 0.3 is 5.97 Å². The number of aliphatic imine (C=N–C) groups is 1. The first-order valence-corrected chi connectivity index (χ1v) is 13.3. The van der Waals surface area contributed by atoms with Gasteiger partial charge in [0.25, 0.3) is 5.91 Å². The van der Waals surface area contributed by atoms with Crippen molar-refractivity contribution in [2.45, 2.75) is 13.2 Å². The molecule has 8 heteroatoms. The zero-order valence-electron chi connectivity index (χ0n) is 21.7. The number of carbonyl (C=O) groups excluding carboxylic acids is 1. The van der Waals surface area contributed by atoms with Crippen LogP contribution in [0.15, 0.2) is 113 Å². The average Bonchev–Trinajstić information content (AvgIpc) is 3.26. The summed E-state index contributed by atoms with van der Waals surface area (Å²) >= 11 is 1.29. The van der Waals surface area contributed by atoms with Crippen molar-refractivity contribution in [1.82, 2.24) is 4.90 Å². The van der Waals surface area contributed by atoms with Gasteiger partial charge in [-0.1, -0.05) is 54.6 Å². The molecule has 7 nitrogen and oxygen atoms in total. The molecule has 0 bridgehead atoms. The lowest BCUT2D eigenvalue weighted by Crippen LogP contribution is -2.28. The summed E-state index contributed by atoms with van der Waals surface area (Å²) in [5.74, 6) is 0.233. The minimum Gasteiger partial charge on any atom is -0.497 e. The fourth-order valence-electron chi connectivity index (χ4n) is 4.02. The minimum atomic E-state index is -0.999. The van der Waals surface area contributed by atoms with Crippen molar-refractivity contribution in [3.8, 4) is 11.5 Å².